The molecule has 0 bridgehead atoms. The summed E-state index contributed by atoms with van der Waals surface area (Å²) in [6.45, 7) is 3.44. The first-order chi connectivity index (χ1) is 13.8. The Morgan fingerprint density at radius 3 is 2.24 bits per heavy atom. The van der Waals surface area contributed by atoms with Crippen LogP contribution in [-0.4, -0.2) is 36.9 Å². The highest BCUT2D eigenvalue weighted by molar-refractivity contribution is 5.98. The summed E-state index contributed by atoms with van der Waals surface area (Å²) in [5.41, 5.74) is 0.377. The molecule has 9 heteroatoms. The molecule has 9 nitrogen and oxygen atoms in total. The quantitative estimate of drug-likeness (QED) is 0.607. The number of hydrogen-bond acceptors (Lipinski definition) is 6. The lowest BCUT2D eigenvalue weighted by Gasteiger charge is -2.24. The van der Waals surface area contributed by atoms with Gasteiger partial charge < -0.3 is 19.8 Å². The predicted octanol–water partition coefficient (Wildman–Crippen LogP) is 1.77. The topological polar surface area (TPSA) is 127 Å². The molecule has 1 heterocycles. The third-order valence-electron chi connectivity index (χ3n) is 3.99. The average Bonchev–Trinajstić information content (AvgIpc) is 3.25. The van der Waals surface area contributed by atoms with Crippen LogP contribution in [0.5, 0.6) is 0 Å². The fourth-order valence-electron chi connectivity index (χ4n) is 2.45. The molecule has 0 unspecified atom stereocenters. The van der Waals surface area contributed by atoms with Gasteiger partial charge in [-0.1, -0.05) is 44.2 Å². The number of furan rings is 1. The van der Waals surface area contributed by atoms with Crippen molar-refractivity contribution in [3.05, 3.63) is 60.1 Å². The lowest BCUT2D eigenvalue weighted by Crippen LogP contribution is -2.47. The molecule has 0 aliphatic carbocycles. The molecular formula is C20H23N3O6. The van der Waals surface area contributed by atoms with Crippen molar-refractivity contribution >= 4 is 23.8 Å². The van der Waals surface area contributed by atoms with Crippen LogP contribution in [0.2, 0.25) is 0 Å². The number of ether oxygens (including phenoxy) is 1. The molecule has 2 atom stereocenters. The van der Waals surface area contributed by atoms with Gasteiger partial charge in [0.2, 0.25) is 6.10 Å². The second-order valence-electron chi connectivity index (χ2n) is 6.47. The molecule has 154 valence electrons. The van der Waals surface area contributed by atoms with E-state index >= 15 is 0 Å². The minimum atomic E-state index is -1.37. The van der Waals surface area contributed by atoms with E-state index in [4.69, 9.17) is 9.15 Å². The highest BCUT2D eigenvalue weighted by Gasteiger charge is 2.32. The van der Waals surface area contributed by atoms with Crippen LogP contribution < -0.4 is 16.0 Å². The van der Waals surface area contributed by atoms with Crippen LogP contribution in [0, 0.1) is 5.92 Å². The molecule has 29 heavy (non-hydrogen) atoms. The molecule has 0 radical (unpaired) electrons. The lowest BCUT2D eigenvalue weighted by atomic mass is 10.0. The number of esters is 1. The molecule has 0 fully saturated rings. The lowest BCUT2D eigenvalue weighted by molar-refractivity contribution is -0.159. The van der Waals surface area contributed by atoms with Crippen molar-refractivity contribution in [2.45, 2.75) is 26.0 Å². The van der Waals surface area contributed by atoms with E-state index in [1.165, 1.54) is 19.4 Å². The summed E-state index contributed by atoms with van der Waals surface area (Å²) in [5.74, 6) is -2.51. The van der Waals surface area contributed by atoms with E-state index in [0.717, 1.165) is 0 Å². The first kappa shape index (κ1) is 21.7. The predicted molar refractivity (Wildman–Crippen MR) is 103 cm³/mol. The van der Waals surface area contributed by atoms with E-state index in [9.17, 15) is 19.2 Å². The van der Waals surface area contributed by atoms with Gasteiger partial charge in [-0.3, -0.25) is 14.9 Å². The molecule has 4 amide bonds. The summed E-state index contributed by atoms with van der Waals surface area (Å²) in [5, 5.41) is 6.90. The van der Waals surface area contributed by atoms with Gasteiger partial charge in [-0.15, -0.1) is 0 Å². The van der Waals surface area contributed by atoms with Crippen LogP contribution in [0.25, 0.3) is 0 Å². The average molecular weight is 401 g/mol. The zero-order chi connectivity index (χ0) is 21.4. The number of amides is 4. The van der Waals surface area contributed by atoms with E-state index < -0.39 is 36.0 Å². The van der Waals surface area contributed by atoms with Crippen molar-refractivity contribution < 1.29 is 28.3 Å². The monoisotopic (exact) mass is 401 g/mol. The first-order valence-corrected chi connectivity index (χ1v) is 8.95. The van der Waals surface area contributed by atoms with Crippen molar-refractivity contribution in [1.29, 1.82) is 0 Å². The van der Waals surface area contributed by atoms with Gasteiger partial charge in [0.05, 0.1) is 6.26 Å². The summed E-state index contributed by atoms with van der Waals surface area (Å²) in [7, 11) is 1.35. The van der Waals surface area contributed by atoms with Crippen molar-refractivity contribution in [1.82, 2.24) is 16.0 Å². The molecule has 3 N–H and O–H groups in total. The van der Waals surface area contributed by atoms with E-state index in [1.54, 1.807) is 50.2 Å². The van der Waals surface area contributed by atoms with Crippen molar-refractivity contribution in [2.75, 3.05) is 7.05 Å². The Balaban J connectivity index is 2.20. The highest BCUT2D eigenvalue weighted by atomic mass is 16.5. The molecule has 0 saturated heterocycles. The van der Waals surface area contributed by atoms with E-state index in [1.807, 2.05) is 0 Å². The fourth-order valence-corrected chi connectivity index (χ4v) is 2.45. The number of nitrogens with one attached hydrogen (secondary N) is 3. The number of hydrogen-bond donors (Lipinski definition) is 3. The smallest absolute Gasteiger partial charge is 0.330 e. The van der Waals surface area contributed by atoms with Crippen LogP contribution in [0.1, 0.15) is 36.1 Å². The number of urea groups is 1. The maximum absolute atomic E-state index is 12.8. The third-order valence-corrected chi connectivity index (χ3v) is 3.99. The molecule has 0 saturated carbocycles. The summed E-state index contributed by atoms with van der Waals surface area (Å²) in [6.07, 6.45) is -0.0330. The highest BCUT2D eigenvalue weighted by Crippen LogP contribution is 2.20. The molecule has 0 spiro atoms. The van der Waals surface area contributed by atoms with Gasteiger partial charge in [-0.25, -0.2) is 9.59 Å². The van der Waals surface area contributed by atoms with Crippen LogP contribution in [0.3, 0.4) is 0 Å². The first-order valence-electron chi connectivity index (χ1n) is 8.95. The van der Waals surface area contributed by atoms with Crippen LogP contribution in [0.4, 0.5) is 4.79 Å². The van der Waals surface area contributed by atoms with Crippen molar-refractivity contribution in [2.24, 2.45) is 5.92 Å². The van der Waals surface area contributed by atoms with Gasteiger partial charge in [0.25, 0.3) is 11.8 Å². The third kappa shape index (κ3) is 5.93. The Labute approximate surface area is 167 Å². The Hall–Kier alpha value is -3.62. The molecule has 1 aromatic carbocycles. The van der Waals surface area contributed by atoms with Gasteiger partial charge in [-0.05, 0) is 18.1 Å². The van der Waals surface area contributed by atoms with E-state index in [-0.39, 0.29) is 11.7 Å². The minimum absolute atomic E-state index is 0.0421. The Bertz CT molecular complexity index is 848. The molecule has 1 aromatic heterocycles. The van der Waals surface area contributed by atoms with Crippen LogP contribution >= 0.6 is 0 Å². The van der Waals surface area contributed by atoms with Crippen molar-refractivity contribution in [3.8, 4) is 0 Å². The van der Waals surface area contributed by atoms with Crippen molar-refractivity contribution in [3.63, 3.8) is 0 Å². The van der Waals surface area contributed by atoms with E-state index in [0.29, 0.717) is 5.56 Å². The van der Waals surface area contributed by atoms with Crippen LogP contribution in [-0.2, 0) is 14.3 Å². The van der Waals surface area contributed by atoms with Gasteiger partial charge >= 0.3 is 12.0 Å². The van der Waals surface area contributed by atoms with Gasteiger partial charge in [0, 0.05) is 12.6 Å². The van der Waals surface area contributed by atoms with E-state index in [2.05, 4.69) is 16.0 Å². The summed E-state index contributed by atoms with van der Waals surface area (Å²) in [4.78, 5) is 49.0. The summed E-state index contributed by atoms with van der Waals surface area (Å²) < 4.78 is 10.4. The SMILES string of the molecule is CNC(=O)NC(=O)[C@@H](OC(=O)[C@@H](NC(=O)c1ccco1)C(C)C)c1ccccc1. The largest absolute Gasteiger partial charge is 0.459 e. The molecule has 0 aliphatic rings. The molecule has 2 rings (SSSR count). The Morgan fingerprint density at radius 1 is 1.00 bits per heavy atom. The van der Waals surface area contributed by atoms with Crippen LogP contribution in [0.15, 0.2) is 53.1 Å². The number of rotatable bonds is 7. The van der Waals surface area contributed by atoms with Gasteiger partial charge in [0.1, 0.15) is 6.04 Å². The Morgan fingerprint density at radius 2 is 1.69 bits per heavy atom. The molecule has 2 aromatic rings. The minimum Gasteiger partial charge on any atom is -0.459 e. The normalized spacial score (nSPS) is 12.6. The zero-order valence-corrected chi connectivity index (χ0v) is 16.3. The second kappa shape index (κ2) is 10.1. The maximum atomic E-state index is 12.8. The number of carbonyl (C=O) groups is 4. The molecular weight excluding hydrogens is 378 g/mol. The summed E-state index contributed by atoms with van der Waals surface area (Å²) in [6, 6.07) is 9.49. The number of carbonyl (C=O) groups excluding carboxylic acids is 4. The standard InChI is InChI=1S/C20H23N3O6/c1-12(2)15(22-17(24)14-10-7-11-28-14)19(26)29-16(13-8-5-4-6-9-13)18(25)23-20(27)21-3/h4-12,15-16H,1-3H3,(H,22,24)(H2,21,23,25,27)/t15-,16-/m0/s1. The number of imide groups is 1. The molecule has 0 aliphatic heterocycles. The fraction of sp³-hybridized carbons (Fsp3) is 0.300. The maximum Gasteiger partial charge on any atom is 0.330 e. The van der Waals surface area contributed by atoms with Gasteiger partial charge in [0.15, 0.2) is 5.76 Å². The number of benzene rings is 1. The Kier molecular flexibility index (Phi) is 7.53. The second-order valence-corrected chi connectivity index (χ2v) is 6.47. The summed E-state index contributed by atoms with van der Waals surface area (Å²) >= 11 is 0. The zero-order valence-electron chi connectivity index (χ0n) is 16.3. The van der Waals surface area contributed by atoms with Gasteiger partial charge in [-0.2, -0.15) is 0 Å².